The van der Waals surface area contributed by atoms with Gasteiger partial charge in [0.15, 0.2) is 0 Å². The fourth-order valence-electron chi connectivity index (χ4n) is 2.57. The molecule has 0 aromatic heterocycles. The Hall–Kier alpha value is -0.0800. The van der Waals surface area contributed by atoms with E-state index < -0.39 is 0 Å². The van der Waals surface area contributed by atoms with Gasteiger partial charge in [-0.1, -0.05) is 20.3 Å². The van der Waals surface area contributed by atoms with Gasteiger partial charge in [0.1, 0.15) is 0 Å². The molecular weight excluding hydrogens is 198 g/mol. The van der Waals surface area contributed by atoms with Gasteiger partial charge in [-0.2, -0.15) is 0 Å². The number of hydrogen-bond donors (Lipinski definition) is 2. The molecule has 0 aliphatic heterocycles. The van der Waals surface area contributed by atoms with E-state index in [0.717, 1.165) is 25.4 Å². The molecule has 0 saturated heterocycles. The summed E-state index contributed by atoms with van der Waals surface area (Å²) in [5.41, 5.74) is 0.552. The quantitative estimate of drug-likeness (QED) is 0.559. The molecule has 2 heteroatoms. The molecule has 16 heavy (non-hydrogen) atoms. The predicted octanol–water partition coefficient (Wildman–Crippen LogP) is 3.10. The van der Waals surface area contributed by atoms with Crippen molar-refractivity contribution < 1.29 is 5.11 Å². The third-order valence-corrected chi connectivity index (χ3v) is 3.81. The van der Waals surface area contributed by atoms with Crippen LogP contribution in [0.5, 0.6) is 0 Å². The molecule has 1 fully saturated rings. The Labute approximate surface area is 101 Å². The maximum absolute atomic E-state index is 9.18. The molecule has 1 rings (SSSR count). The smallest absolute Gasteiger partial charge is 0.0512 e. The van der Waals surface area contributed by atoms with E-state index in [9.17, 15) is 5.11 Å². The number of aliphatic hydroxyl groups is 1. The van der Waals surface area contributed by atoms with Gasteiger partial charge in [0.25, 0.3) is 0 Å². The first kappa shape index (κ1) is 14.0. The Balaban J connectivity index is 2.13. The highest BCUT2D eigenvalue weighted by atomic mass is 16.3. The Bertz CT molecular complexity index is 189. The number of nitrogens with one attached hydrogen (secondary N) is 1. The summed E-state index contributed by atoms with van der Waals surface area (Å²) in [6.07, 6.45) is 8.61. The standard InChI is InChI=1S/C14H29NO/c1-12(16)6-5-11-15-13-7-4-9-14(2,3)10-8-13/h12-13,15-16H,4-11H2,1-3H3. The van der Waals surface area contributed by atoms with Crippen LogP contribution in [0, 0.1) is 5.41 Å². The molecule has 0 radical (unpaired) electrons. The molecule has 0 aromatic rings. The summed E-state index contributed by atoms with van der Waals surface area (Å²) in [4.78, 5) is 0. The zero-order valence-electron chi connectivity index (χ0n) is 11.3. The molecule has 2 atom stereocenters. The van der Waals surface area contributed by atoms with Crippen molar-refractivity contribution in [1.29, 1.82) is 0 Å². The van der Waals surface area contributed by atoms with Crippen molar-refractivity contribution in [3.05, 3.63) is 0 Å². The van der Waals surface area contributed by atoms with Crippen molar-refractivity contribution in [2.24, 2.45) is 5.41 Å². The molecule has 0 spiro atoms. The molecule has 0 bridgehead atoms. The minimum absolute atomic E-state index is 0.144. The zero-order valence-corrected chi connectivity index (χ0v) is 11.3. The van der Waals surface area contributed by atoms with Crippen molar-refractivity contribution >= 4 is 0 Å². The molecule has 1 aliphatic carbocycles. The first-order valence-corrected chi connectivity index (χ1v) is 6.91. The van der Waals surface area contributed by atoms with Gasteiger partial charge in [0, 0.05) is 6.04 Å². The SMILES string of the molecule is CC(O)CCCNC1CCCC(C)(C)CC1. The van der Waals surface area contributed by atoms with Crippen LogP contribution in [0.4, 0.5) is 0 Å². The number of hydrogen-bond acceptors (Lipinski definition) is 2. The second-order valence-electron chi connectivity index (χ2n) is 6.24. The van der Waals surface area contributed by atoms with E-state index in [-0.39, 0.29) is 6.10 Å². The fraction of sp³-hybridized carbons (Fsp3) is 1.00. The van der Waals surface area contributed by atoms with Crippen molar-refractivity contribution in [1.82, 2.24) is 5.32 Å². The maximum atomic E-state index is 9.18. The van der Waals surface area contributed by atoms with Gasteiger partial charge in [-0.3, -0.25) is 0 Å². The molecule has 2 nitrogen and oxygen atoms in total. The lowest BCUT2D eigenvalue weighted by atomic mass is 9.85. The van der Waals surface area contributed by atoms with Crippen LogP contribution < -0.4 is 5.32 Å². The van der Waals surface area contributed by atoms with E-state index in [1.165, 1.54) is 32.1 Å². The molecule has 0 aromatic carbocycles. The molecule has 1 saturated carbocycles. The summed E-state index contributed by atoms with van der Waals surface area (Å²) < 4.78 is 0. The first-order valence-electron chi connectivity index (χ1n) is 6.91. The van der Waals surface area contributed by atoms with Crippen LogP contribution in [0.2, 0.25) is 0 Å². The van der Waals surface area contributed by atoms with Crippen molar-refractivity contribution in [3.63, 3.8) is 0 Å². The van der Waals surface area contributed by atoms with E-state index >= 15 is 0 Å². The third kappa shape index (κ3) is 5.86. The molecule has 2 N–H and O–H groups in total. The number of aliphatic hydroxyl groups excluding tert-OH is 1. The average molecular weight is 227 g/mol. The second-order valence-corrected chi connectivity index (χ2v) is 6.24. The van der Waals surface area contributed by atoms with Gasteiger partial charge in [0.05, 0.1) is 6.10 Å². The second kappa shape index (κ2) is 6.61. The van der Waals surface area contributed by atoms with Crippen LogP contribution >= 0.6 is 0 Å². The van der Waals surface area contributed by atoms with Crippen LogP contribution in [0.1, 0.15) is 65.7 Å². The summed E-state index contributed by atoms with van der Waals surface area (Å²) >= 11 is 0. The molecule has 0 heterocycles. The lowest BCUT2D eigenvalue weighted by molar-refractivity contribution is 0.180. The summed E-state index contributed by atoms with van der Waals surface area (Å²) in [6, 6.07) is 0.718. The maximum Gasteiger partial charge on any atom is 0.0512 e. The summed E-state index contributed by atoms with van der Waals surface area (Å²) in [5, 5.41) is 12.8. The lowest BCUT2D eigenvalue weighted by Crippen LogP contribution is -2.30. The minimum Gasteiger partial charge on any atom is -0.393 e. The Morgan fingerprint density at radius 1 is 1.31 bits per heavy atom. The zero-order chi connectivity index (χ0) is 12.0. The van der Waals surface area contributed by atoms with Gasteiger partial charge in [-0.15, -0.1) is 0 Å². The van der Waals surface area contributed by atoms with E-state index in [0.29, 0.717) is 5.41 Å². The molecule has 0 amide bonds. The molecule has 96 valence electrons. The van der Waals surface area contributed by atoms with Crippen LogP contribution in [-0.4, -0.2) is 23.8 Å². The van der Waals surface area contributed by atoms with Crippen LogP contribution in [-0.2, 0) is 0 Å². The highest BCUT2D eigenvalue weighted by Gasteiger charge is 2.23. The normalized spacial score (nSPS) is 27.4. The highest BCUT2D eigenvalue weighted by Crippen LogP contribution is 2.33. The topological polar surface area (TPSA) is 32.3 Å². The van der Waals surface area contributed by atoms with Crippen LogP contribution in [0.15, 0.2) is 0 Å². The number of rotatable bonds is 5. The average Bonchev–Trinajstić information content (AvgIpc) is 2.34. The van der Waals surface area contributed by atoms with Crippen LogP contribution in [0.3, 0.4) is 0 Å². The van der Waals surface area contributed by atoms with E-state index in [1.807, 2.05) is 6.92 Å². The predicted molar refractivity (Wildman–Crippen MR) is 69.6 cm³/mol. The molecular formula is C14H29NO. The summed E-state index contributed by atoms with van der Waals surface area (Å²) in [7, 11) is 0. The molecule has 2 unspecified atom stereocenters. The van der Waals surface area contributed by atoms with Gasteiger partial charge in [-0.05, 0) is 57.4 Å². The molecule has 1 aliphatic rings. The van der Waals surface area contributed by atoms with Gasteiger partial charge in [-0.25, -0.2) is 0 Å². The Morgan fingerprint density at radius 3 is 2.75 bits per heavy atom. The Kier molecular flexibility index (Phi) is 5.77. The fourth-order valence-corrected chi connectivity index (χ4v) is 2.57. The van der Waals surface area contributed by atoms with Crippen LogP contribution in [0.25, 0.3) is 0 Å². The van der Waals surface area contributed by atoms with Crippen molar-refractivity contribution in [3.8, 4) is 0 Å². The van der Waals surface area contributed by atoms with E-state index in [4.69, 9.17) is 0 Å². The monoisotopic (exact) mass is 227 g/mol. The van der Waals surface area contributed by atoms with Crippen molar-refractivity contribution in [2.75, 3.05) is 6.54 Å². The first-order chi connectivity index (χ1) is 7.49. The van der Waals surface area contributed by atoms with E-state index in [2.05, 4.69) is 19.2 Å². The minimum atomic E-state index is -0.144. The largest absolute Gasteiger partial charge is 0.393 e. The Morgan fingerprint density at radius 2 is 2.06 bits per heavy atom. The van der Waals surface area contributed by atoms with Gasteiger partial charge < -0.3 is 10.4 Å². The van der Waals surface area contributed by atoms with Gasteiger partial charge in [0.2, 0.25) is 0 Å². The van der Waals surface area contributed by atoms with E-state index in [1.54, 1.807) is 0 Å². The highest BCUT2D eigenvalue weighted by molar-refractivity contribution is 4.79. The van der Waals surface area contributed by atoms with Crippen molar-refractivity contribution in [2.45, 2.75) is 77.9 Å². The third-order valence-electron chi connectivity index (χ3n) is 3.81. The summed E-state index contributed by atoms with van der Waals surface area (Å²) in [5.74, 6) is 0. The summed E-state index contributed by atoms with van der Waals surface area (Å²) in [6.45, 7) is 7.72. The lowest BCUT2D eigenvalue weighted by Gasteiger charge is -2.22. The van der Waals surface area contributed by atoms with Gasteiger partial charge >= 0.3 is 0 Å².